The Morgan fingerprint density at radius 3 is 2.03 bits per heavy atom. The van der Waals surface area contributed by atoms with Gasteiger partial charge in [0.1, 0.15) is 6.23 Å². The molecule has 0 atom stereocenters. The summed E-state index contributed by atoms with van der Waals surface area (Å²) in [5.74, 6) is 1.33. The maximum Gasteiger partial charge on any atom is 0.406 e. The molecular formula is C20H44N2O6S2Si2. The second kappa shape index (κ2) is 19.1. The van der Waals surface area contributed by atoms with Crippen molar-refractivity contribution in [3.8, 4) is 0 Å². The predicted molar refractivity (Wildman–Crippen MR) is 141 cm³/mol. The van der Waals surface area contributed by atoms with Gasteiger partial charge >= 0.3 is 6.09 Å². The average molecular weight is 529 g/mol. The van der Waals surface area contributed by atoms with E-state index in [1.54, 1.807) is 0 Å². The van der Waals surface area contributed by atoms with Crippen LogP contribution in [0.2, 0.25) is 32.7 Å². The van der Waals surface area contributed by atoms with Crippen LogP contribution in [0.4, 0.5) is 9.59 Å². The van der Waals surface area contributed by atoms with E-state index in [0.717, 1.165) is 25.7 Å². The Labute approximate surface area is 206 Å². The molecule has 0 saturated carbocycles. The van der Waals surface area contributed by atoms with Crippen LogP contribution in [0.5, 0.6) is 0 Å². The Bertz CT molecular complexity index is 511. The molecule has 2 amide bonds. The summed E-state index contributed by atoms with van der Waals surface area (Å²) in [7, 11) is -3.60. The molecule has 0 aromatic carbocycles. The number of rotatable bonds is 19. The zero-order chi connectivity index (χ0) is 24.3. The summed E-state index contributed by atoms with van der Waals surface area (Å²) in [6, 6.07) is 0. The van der Waals surface area contributed by atoms with E-state index < -0.39 is 16.6 Å². The summed E-state index contributed by atoms with van der Waals surface area (Å²) in [4.78, 5) is 23.6. The van der Waals surface area contributed by atoms with Crippen molar-refractivity contribution in [1.29, 1.82) is 0 Å². The van der Waals surface area contributed by atoms with E-state index in [4.69, 9.17) is 18.3 Å². The fourth-order valence-corrected chi connectivity index (χ4v) is 10.8. The average Bonchev–Trinajstić information content (AvgIpc) is 2.68. The Hall–Kier alpha value is -0.246. The molecule has 0 heterocycles. The largest absolute Gasteiger partial charge is 0.454 e. The maximum atomic E-state index is 11.8. The molecular weight excluding hydrogens is 485 g/mol. The first-order valence-electron chi connectivity index (χ1n) is 11.3. The lowest BCUT2D eigenvalue weighted by atomic mass is 10.2. The van der Waals surface area contributed by atoms with Crippen LogP contribution in [0.15, 0.2) is 0 Å². The SMILES string of the molecule is C[Si](C)(C)O[Si](C)(C)COC(=O)NCCCCCCNC(=O)SCCOCCOCCS. The highest BCUT2D eigenvalue weighted by Gasteiger charge is 2.31. The molecule has 0 radical (unpaired) electrons. The van der Waals surface area contributed by atoms with Crippen LogP contribution in [0.1, 0.15) is 25.7 Å². The smallest absolute Gasteiger partial charge is 0.406 e. The molecule has 0 aromatic rings. The number of hydrogen-bond acceptors (Lipinski definition) is 8. The molecule has 0 aromatic heterocycles. The van der Waals surface area contributed by atoms with Gasteiger partial charge in [0.15, 0.2) is 8.32 Å². The third-order valence-electron chi connectivity index (χ3n) is 3.84. The van der Waals surface area contributed by atoms with Crippen molar-refractivity contribution in [2.75, 3.05) is 57.3 Å². The van der Waals surface area contributed by atoms with Crippen molar-refractivity contribution in [2.24, 2.45) is 0 Å². The van der Waals surface area contributed by atoms with E-state index in [-0.39, 0.29) is 11.3 Å². The van der Waals surface area contributed by atoms with Crippen LogP contribution in [0, 0.1) is 0 Å². The highest BCUT2D eigenvalue weighted by atomic mass is 32.2. The number of nitrogens with one attached hydrogen (secondary N) is 2. The lowest BCUT2D eigenvalue weighted by Crippen LogP contribution is -2.47. The lowest BCUT2D eigenvalue weighted by Gasteiger charge is -2.30. The highest BCUT2D eigenvalue weighted by molar-refractivity contribution is 8.13. The molecule has 0 aliphatic carbocycles. The first-order chi connectivity index (χ1) is 15.1. The van der Waals surface area contributed by atoms with Gasteiger partial charge in [-0.25, -0.2) is 4.79 Å². The summed E-state index contributed by atoms with van der Waals surface area (Å²) >= 11 is 5.29. The maximum absolute atomic E-state index is 11.8. The molecule has 0 aliphatic rings. The molecule has 0 saturated heterocycles. The summed E-state index contributed by atoms with van der Waals surface area (Å²) in [6.07, 6.45) is 3.80. The minimum absolute atomic E-state index is 0.0195. The van der Waals surface area contributed by atoms with Crippen LogP contribution in [-0.2, 0) is 18.3 Å². The minimum atomic E-state index is -1.97. The Morgan fingerprint density at radius 2 is 1.44 bits per heavy atom. The monoisotopic (exact) mass is 528 g/mol. The third-order valence-corrected chi connectivity index (χ3v) is 10.3. The van der Waals surface area contributed by atoms with E-state index in [1.807, 2.05) is 0 Å². The number of amides is 2. The van der Waals surface area contributed by atoms with Crippen molar-refractivity contribution in [1.82, 2.24) is 10.6 Å². The van der Waals surface area contributed by atoms with Crippen LogP contribution in [0.3, 0.4) is 0 Å². The number of carbonyl (C=O) groups is 2. The normalized spacial score (nSPS) is 11.9. The van der Waals surface area contributed by atoms with Gasteiger partial charge in [0, 0.05) is 24.6 Å². The Balaban J connectivity index is 3.49. The number of alkyl carbamates (subject to hydrolysis) is 1. The highest BCUT2D eigenvalue weighted by Crippen LogP contribution is 2.14. The molecule has 0 bridgehead atoms. The van der Waals surface area contributed by atoms with Crippen LogP contribution in [-0.4, -0.2) is 85.2 Å². The quantitative estimate of drug-likeness (QED) is 0.131. The molecule has 2 N–H and O–H groups in total. The molecule has 0 rings (SSSR count). The number of thiol groups is 1. The van der Waals surface area contributed by atoms with E-state index in [2.05, 4.69) is 56.0 Å². The van der Waals surface area contributed by atoms with Gasteiger partial charge in [0.2, 0.25) is 8.32 Å². The van der Waals surface area contributed by atoms with Crippen molar-refractivity contribution in [3.05, 3.63) is 0 Å². The van der Waals surface area contributed by atoms with Gasteiger partial charge in [0.25, 0.3) is 5.24 Å². The van der Waals surface area contributed by atoms with Gasteiger partial charge in [-0.2, -0.15) is 12.6 Å². The molecule has 0 unspecified atom stereocenters. The van der Waals surface area contributed by atoms with E-state index in [9.17, 15) is 9.59 Å². The summed E-state index contributed by atoms with van der Waals surface area (Å²) < 4.78 is 22.1. The molecule has 0 fully saturated rings. The Kier molecular flexibility index (Phi) is 19.0. The number of ether oxygens (including phenoxy) is 3. The lowest BCUT2D eigenvalue weighted by molar-refractivity contribution is 0.0606. The number of unbranched alkanes of at least 4 members (excludes halogenated alkanes) is 3. The zero-order valence-electron chi connectivity index (χ0n) is 20.5. The van der Waals surface area contributed by atoms with E-state index in [1.165, 1.54) is 11.8 Å². The summed E-state index contributed by atoms with van der Waals surface area (Å²) in [5.41, 5.74) is 0. The van der Waals surface area contributed by atoms with E-state index >= 15 is 0 Å². The first kappa shape index (κ1) is 31.8. The predicted octanol–water partition coefficient (Wildman–Crippen LogP) is 4.27. The van der Waals surface area contributed by atoms with Gasteiger partial charge in [-0.3, -0.25) is 4.79 Å². The fourth-order valence-electron chi connectivity index (χ4n) is 2.76. The van der Waals surface area contributed by atoms with Crippen molar-refractivity contribution < 1.29 is 27.9 Å². The standard InChI is InChI=1S/C20H44N2O6S2Si2/c1-31(2,3)28-32(4,5)18-27-19(23)21-10-8-6-7-9-11-22-20(24)30-17-15-26-13-12-25-14-16-29/h29H,6-18H2,1-5H3,(H,21,23)(H,22,24). The van der Waals surface area contributed by atoms with E-state index in [0.29, 0.717) is 57.3 Å². The zero-order valence-corrected chi connectivity index (χ0v) is 24.2. The van der Waals surface area contributed by atoms with Crippen LogP contribution >= 0.6 is 24.4 Å². The molecule has 190 valence electrons. The van der Waals surface area contributed by atoms with Gasteiger partial charge in [-0.05, 0) is 45.6 Å². The second-order valence-electron chi connectivity index (χ2n) is 8.90. The molecule has 0 aliphatic heterocycles. The van der Waals surface area contributed by atoms with Gasteiger partial charge in [-0.15, -0.1) is 0 Å². The number of carbonyl (C=O) groups excluding carboxylic acids is 2. The molecule has 0 spiro atoms. The summed E-state index contributed by atoms with van der Waals surface area (Å²) in [5, 5.41) is 5.67. The molecule has 12 heteroatoms. The second-order valence-corrected chi connectivity index (χ2v) is 19.3. The number of thioether (sulfide) groups is 1. The fraction of sp³-hybridized carbons (Fsp3) is 0.900. The minimum Gasteiger partial charge on any atom is -0.454 e. The Morgan fingerprint density at radius 1 is 0.844 bits per heavy atom. The molecule has 8 nitrogen and oxygen atoms in total. The van der Waals surface area contributed by atoms with Crippen LogP contribution in [0.25, 0.3) is 0 Å². The van der Waals surface area contributed by atoms with Crippen molar-refractivity contribution >= 4 is 52.4 Å². The number of hydrogen-bond donors (Lipinski definition) is 3. The molecule has 32 heavy (non-hydrogen) atoms. The van der Waals surface area contributed by atoms with Crippen LogP contribution < -0.4 is 10.6 Å². The van der Waals surface area contributed by atoms with Crippen molar-refractivity contribution in [3.63, 3.8) is 0 Å². The van der Waals surface area contributed by atoms with Gasteiger partial charge in [0.05, 0.1) is 26.4 Å². The summed E-state index contributed by atoms with van der Waals surface area (Å²) in [6.45, 7) is 14.1. The van der Waals surface area contributed by atoms with Gasteiger partial charge < -0.3 is 29.0 Å². The third kappa shape index (κ3) is 22.9. The van der Waals surface area contributed by atoms with Gasteiger partial charge in [-0.1, -0.05) is 24.6 Å². The topological polar surface area (TPSA) is 95.1 Å². The van der Waals surface area contributed by atoms with Crippen molar-refractivity contribution in [2.45, 2.75) is 58.4 Å². The first-order valence-corrected chi connectivity index (χ1v) is 19.5.